The van der Waals surface area contributed by atoms with E-state index < -0.39 is 0 Å². The van der Waals surface area contributed by atoms with Gasteiger partial charge < -0.3 is 14.0 Å². The van der Waals surface area contributed by atoms with Crippen LogP contribution in [0.4, 0.5) is 5.95 Å². The van der Waals surface area contributed by atoms with E-state index in [1.165, 1.54) is 0 Å². The maximum absolute atomic E-state index is 11.9. The van der Waals surface area contributed by atoms with Gasteiger partial charge in [0.25, 0.3) is 17.7 Å². The Kier molecular flexibility index (Phi) is 4.94. The number of ether oxygens (including phenoxy) is 2. The summed E-state index contributed by atoms with van der Waals surface area (Å²) in [5, 5.41) is 6.27. The molecule has 1 amide bonds. The fraction of sp³-hybridized carbons (Fsp3) is 0.167. The van der Waals surface area contributed by atoms with Crippen LogP contribution in [0.2, 0.25) is 0 Å². The number of benzene rings is 2. The van der Waals surface area contributed by atoms with Crippen molar-refractivity contribution < 1.29 is 18.8 Å². The van der Waals surface area contributed by atoms with Crippen molar-refractivity contribution in [3.63, 3.8) is 0 Å². The first-order valence-corrected chi connectivity index (χ1v) is 7.61. The number of methoxy groups -OCH3 is 1. The van der Waals surface area contributed by atoms with Crippen molar-refractivity contribution in [2.24, 2.45) is 0 Å². The Morgan fingerprint density at radius 2 is 1.96 bits per heavy atom. The van der Waals surface area contributed by atoms with E-state index in [-0.39, 0.29) is 18.5 Å². The van der Waals surface area contributed by atoms with Crippen molar-refractivity contribution in [1.29, 1.82) is 0 Å². The molecule has 0 saturated heterocycles. The molecule has 0 spiro atoms. The molecular weight excluding hydrogens is 322 g/mol. The van der Waals surface area contributed by atoms with Crippen molar-refractivity contribution in [1.82, 2.24) is 10.1 Å². The van der Waals surface area contributed by atoms with Crippen molar-refractivity contribution in [2.75, 3.05) is 19.0 Å². The van der Waals surface area contributed by atoms with Gasteiger partial charge in [-0.25, -0.2) is 0 Å². The van der Waals surface area contributed by atoms with E-state index in [4.69, 9.17) is 14.0 Å². The van der Waals surface area contributed by atoms with Gasteiger partial charge in [0, 0.05) is 5.56 Å². The largest absolute Gasteiger partial charge is 0.497 e. The molecule has 0 aliphatic carbocycles. The number of aryl methyl sites for hydroxylation is 1. The molecule has 2 aromatic carbocycles. The van der Waals surface area contributed by atoms with Gasteiger partial charge in [-0.1, -0.05) is 12.1 Å². The highest BCUT2D eigenvalue weighted by Crippen LogP contribution is 2.21. The minimum Gasteiger partial charge on any atom is -0.497 e. The first kappa shape index (κ1) is 16.5. The van der Waals surface area contributed by atoms with E-state index in [2.05, 4.69) is 15.5 Å². The Morgan fingerprint density at radius 3 is 2.68 bits per heavy atom. The summed E-state index contributed by atoms with van der Waals surface area (Å²) in [6.45, 7) is 1.81. The Balaban J connectivity index is 1.57. The van der Waals surface area contributed by atoms with Crippen LogP contribution in [-0.4, -0.2) is 29.8 Å². The molecule has 0 fully saturated rings. The van der Waals surface area contributed by atoms with Crippen LogP contribution in [-0.2, 0) is 4.79 Å². The van der Waals surface area contributed by atoms with Gasteiger partial charge in [0.1, 0.15) is 11.5 Å². The Bertz CT molecular complexity index is 859. The van der Waals surface area contributed by atoms with Crippen LogP contribution in [0.3, 0.4) is 0 Å². The first-order chi connectivity index (χ1) is 12.1. The fourth-order valence-corrected chi connectivity index (χ4v) is 2.14. The highest BCUT2D eigenvalue weighted by atomic mass is 16.5. The molecule has 0 radical (unpaired) electrons. The Morgan fingerprint density at radius 1 is 1.16 bits per heavy atom. The topological polar surface area (TPSA) is 86.5 Å². The molecule has 1 N–H and O–H groups in total. The second kappa shape index (κ2) is 7.48. The zero-order valence-electron chi connectivity index (χ0n) is 13.9. The number of rotatable bonds is 6. The fourth-order valence-electron chi connectivity index (χ4n) is 2.14. The third-order valence-electron chi connectivity index (χ3n) is 3.37. The minimum absolute atomic E-state index is 0.0867. The van der Waals surface area contributed by atoms with Gasteiger partial charge in [-0.2, -0.15) is 4.98 Å². The summed E-state index contributed by atoms with van der Waals surface area (Å²) < 4.78 is 15.7. The van der Waals surface area contributed by atoms with E-state index in [1.807, 2.05) is 25.1 Å². The molecule has 0 bridgehead atoms. The summed E-state index contributed by atoms with van der Waals surface area (Å²) in [5.74, 6) is 1.37. The van der Waals surface area contributed by atoms with Gasteiger partial charge in [0.05, 0.1) is 7.11 Å². The molecule has 0 unspecified atom stereocenters. The van der Waals surface area contributed by atoms with Crippen molar-refractivity contribution in [2.45, 2.75) is 6.92 Å². The average molecular weight is 339 g/mol. The summed E-state index contributed by atoms with van der Waals surface area (Å²) in [6, 6.07) is 14.6. The van der Waals surface area contributed by atoms with Crippen LogP contribution < -0.4 is 14.8 Å². The number of hydrogen-bond donors (Lipinski definition) is 1. The van der Waals surface area contributed by atoms with Gasteiger partial charge in [0.15, 0.2) is 6.61 Å². The molecule has 3 aromatic rings. The summed E-state index contributed by atoms with van der Waals surface area (Å²) in [4.78, 5) is 16.1. The summed E-state index contributed by atoms with van der Waals surface area (Å²) in [7, 11) is 1.59. The van der Waals surface area contributed by atoms with E-state index in [0.29, 0.717) is 11.6 Å². The van der Waals surface area contributed by atoms with E-state index >= 15 is 0 Å². The Labute approximate surface area is 144 Å². The second-order valence-corrected chi connectivity index (χ2v) is 5.30. The van der Waals surface area contributed by atoms with Crippen LogP contribution >= 0.6 is 0 Å². The lowest BCUT2D eigenvalue weighted by Gasteiger charge is -2.05. The molecule has 25 heavy (non-hydrogen) atoms. The van der Waals surface area contributed by atoms with Gasteiger partial charge >= 0.3 is 0 Å². The predicted octanol–water partition coefficient (Wildman–Crippen LogP) is 3.07. The lowest BCUT2D eigenvalue weighted by molar-refractivity contribution is -0.118. The summed E-state index contributed by atoms with van der Waals surface area (Å²) in [6.07, 6.45) is 0. The van der Waals surface area contributed by atoms with Crippen LogP contribution in [0, 0.1) is 6.92 Å². The van der Waals surface area contributed by atoms with Gasteiger partial charge in [0.2, 0.25) is 0 Å². The molecule has 0 saturated carbocycles. The maximum atomic E-state index is 11.9. The molecule has 1 heterocycles. The van der Waals surface area contributed by atoms with Crippen LogP contribution in [0.5, 0.6) is 11.5 Å². The molecule has 1 aromatic heterocycles. The smallest absolute Gasteiger partial charge is 0.270 e. The van der Waals surface area contributed by atoms with Crippen LogP contribution in [0.15, 0.2) is 53.1 Å². The molecule has 0 aliphatic rings. The first-order valence-electron chi connectivity index (χ1n) is 7.61. The third kappa shape index (κ3) is 4.35. The minimum atomic E-state index is -0.372. The van der Waals surface area contributed by atoms with E-state index in [9.17, 15) is 4.79 Å². The molecule has 7 heteroatoms. The van der Waals surface area contributed by atoms with Crippen LogP contribution in [0.1, 0.15) is 5.56 Å². The zero-order valence-corrected chi connectivity index (χ0v) is 13.9. The van der Waals surface area contributed by atoms with Crippen molar-refractivity contribution >= 4 is 11.9 Å². The number of hydrogen-bond acceptors (Lipinski definition) is 6. The van der Waals surface area contributed by atoms with Crippen LogP contribution in [0.25, 0.3) is 11.5 Å². The summed E-state index contributed by atoms with van der Waals surface area (Å²) >= 11 is 0. The molecule has 0 aliphatic heterocycles. The standard InChI is InChI=1S/C18H17N3O4/c1-12-4-3-5-15(10-12)24-11-16(22)19-18-20-17(25-21-18)13-6-8-14(23-2)9-7-13/h3-10H,11H2,1-2H3,(H,19,21,22). The number of aromatic nitrogens is 2. The lowest BCUT2D eigenvalue weighted by atomic mass is 10.2. The van der Waals surface area contributed by atoms with Crippen molar-refractivity contribution in [3.8, 4) is 23.0 Å². The Hall–Kier alpha value is -3.35. The molecule has 128 valence electrons. The van der Waals surface area contributed by atoms with E-state index in [1.54, 1.807) is 37.4 Å². The predicted molar refractivity (Wildman–Crippen MR) is 91.6 cm³/mol. The number of carbonyl (C=O) groups is 1. The zero-order chi connectivity index (χ0) is 17.6. The summed E-state index contributed by atoms with van der Waals surface area (Å²) in [5.41, 5.74) is 1.78. The van der Waals surface area contributed by atoms with Gasteiger partial charge in [-0.3, -0.25) is 10.1 Å². The number of amides is 1. The SMILES string of the molecule is COc1ccc(-c2nc(NC(=O)COc3cccc(C)c3)no2)cc1. The molecular formula is C18H17N3O4. The number of nitrogens with one attached hydrogen (secondary N) is 1. The normalized spacial score (nSPS) is 10.3. The second-order valence-electron chi connectivity index (χ2n) is 5.30. The van der Waals surface area contributed by atoms with Gasteiger partial charge in [-0.15, -0.1) is 0 Å². The molecule has 0 atom stereocenters. The van der Waals surface area contributed by atoms with Crippen molar-refractivity contribution in [3.05, 3.63) is 54.1 Å². The quantitative estimate of drug-likeness (QED) is 0.743. The number of carbonyl (C=O) groups excluding carboxylic acids is 1. The average Bonchev–Trinajstić information content (AvgIpc) is 3.08. The highest BCUT2D eigenvalue weighted by molar-refractivity contribution is 5.90. The molecule has 3 rings (SSSR count). The van der Waals surface area contributed by atoms with E-state index in [0.717, 1.165) is 16.9 Å². The number of nitrogens with zero attached hydrogens (tertiary/aromatic N) is 2. The van der Waals surface area contributed by atoms with Gasteiger partial charge in [-0.05, 0) is 54.0 Å². The maximum Gasteiger partial charge on any atom is 0.270 e. The number of anilines is 1. The third-order valence-corrected chi connectivity index (χ3v) is 3.37. The molecule has 7 nitrogen and oxygen atoms in total. The lowest BCUT2D eigenvalue weighted by Crippen LogP contribution is -2.20. The highest BCUT2D eigenvalue weighted by Gasteiger charge is 2.12. The monoisotopic (exact) mass is 339 g/mol.